The molecule has 0 amide bonds. The highest BCUT2D eigenvalue weighted by molar-refractivity contribution is 8.15. The summed E-state index contributed by atoms with van der Waals surface area (Å²) >= 11 is 1.04. The second kappa shape index (κ2) is 6.51. The van der Waals surface area contributed by atoms with Crippen LogP contribution in [0, 0.1) is 5.92 Å². The molecule has 0 bridgehead atoms. The zero-order valence-electron chi connectivity index (χ0n) is 11.5. The fraction of sp³-hybridized carbons (Fsp3) is 0.357. The molecule has 0 spiro atoms. The SMILES string of the molecule is CCOC(=O)C1C(=O)CSC1=Nc1cccc(C(F)(F)F)c1. The smallest absolute Gasteiger partial charge is 0.416 e. The third-order valence-corrected chi connectivity index (χ3v) is 3.92. The van der Waals surface area contributed by atoms with E-state index in [1.54, 1.807) is 6.92 Å². The average molecular weight is 331 g/mol. The number of ether oxygens (including phenoxy) is 1. The second-order valence-electron chi connectivity index (χ2n) is 4.44. The number of rotatable bonds is 3. The van der Waals surface area contributed by atoms with Gasteiger partial charge in [-0.1, -0.05) is 6.07 Å². The molecule has 0 radical (unpaired) electrons. The van der Waals surface area contributed by atoms with E-state index in [4.69, 9.17) is 4.74 Å². The summed E-state index contributed by atoms with van der Waals surface area (Å²) in [4.78, 5) is 27.5. The van der Waals surface area contributed by atoms with Crippen molar-refractivity contribution in [3.05, 3.63) is 29.8 Å². The van der Waals surface area contributed by atoms with Crippen LogP contribution in [0.15, 0.2) is 29.3 Å². The van der Waals surface area contributed by atoms with E-state index in [-0.39, 0.29) is 28.9 Å². The van der Waals surface area contributed by atoms with Gasteiger partial charge >= 0.3 is 12.1 Å². The number of alkyl halides is 3. The van der Waals surface area contributed by atoms with E-state index in [2.05, 4.69) is 4.99 Å². The topological polar surface area (TPSA) is 55.7 Å². The van der Waals surface area contributed by atoms with Gasteiger partial charge in [0.15, 0.2) is 11.7 Å². The van der Waals surface area contributed by atoms with Crippen LogP contribution in [0.4, 0.5) is 18.9 Å². The Morgan fingerprint density at radius 3 is 2.82 bits per heavy atom. The lowest BCUT2D eigenvalue weighted by Crippen LogP contribution is -2.27. The van der Waals surface area contributed by atoms with Crippen LogP contribution in [0.2, 0.25) is 0 Å². The van der Waals surface area contributed by atoms with Crippen LogP contribution in [0.5, 0.6) is 0 Å². The number of hydrogen-bond donors (Lipinski definition) is 0. The van der Waals surface area contributed by atoms with E-state index >= 15 is 0 Å². The van der Waals surface area contributed by atoms with E-state index in [9.17, 15) is 22.8 Å². The molecule has 118 valence electrons. The van der Waals surface area contributed by atoms with Crippen molar-refractivity contribution in [3.63, 3.8) is 0 Å². The Balaban J connectivity index is 2.32. The number of carbonyl (C=O) groups excluding carboxylic acids is 2. The molecule has 1 aliphatic rings. The predicted octanol–water partition coefficient (Wildman–Crippen LogP) is 3.23. The molecule has 0 aromatic heterocycles. The van der Waals surface area contributed by atoms with Gasteiger partial charge in [-0.15, -0.1) is 11.8 Å². The molecule has 22 heavy (non-hydrogen) atoms. The zero-order chi connectivity index (χ0) is 16.3. The highest BCUT2D eigenvalue weighted by atomic mass is 32.2. The first-order chi connectivity index (χ1) is 10.3. The van der Waals surface area contributed by atoms with Crippen molar-refractivity contribution < 1.29 is 27.5 Å². The van der Waals surface area contributed by atoms with Crippen molar-refractivity contribution in [1.82, 2.24) is 0 Å². The first-order valence-electron chi connectivity index (χ1n) is 6.41. The van der Waals surface area contributed by atoms with Gasteiger partial charge < -0.3 is 4.74 Å². The molecule has 1 aromatic carbocycles. The van der Waals surface area contributed by atoms with Crippen molar-refractivity contribution in [2.75, 3.05) is 12.4 Å². The number of benzene rings is 1. The Morgan fingerprint density at radius 1 is 1.45 bits per heavy atom. The first kappa shape index (κ1) is 16.5. The maximum absolute atomic E-state index is 12.7. The van der Waals surface area contributed by atoms with E-state index in [0.717, 1.165) is 23.9 Å². The van der Waals surface area contributed by atoms with Gasteiger partial charge in [-0.3, -0.25) is 9.59 Å². The van der Waals surface area contributed by atoms with Gasteiger partial charge in [0.25, 0.3) is 0 Å². The van der Waals surface area contributed by atoms with Crippen molar-refractivity contribution in [2.24, 2.45) is 10.9 Å². The maximum atomic E-state index is 12.7. The van der Waals surface area contributed by atoms with Crippen LogP contribution in [0.3, 0.4) is 0 Å². The normalized spacial score (nSPS) is 20.5. The number of carbonyl (C=O) groups is 2. The Labute approximate surface area is 128 Å². The molecule has 4 nitrogen and oxygen atoms in total. The standard InChI is InChI=1S/C14H12F3NO3S/c1-2-21-13(20)11-10(19)7-22-12(11)18-9-5-3-4-8(6-9)14(15,16)17/h3-6,11H,2,7H2,1H3. The summed E-state index contributed by atoms with van der Waals surface area (Å²) in [5.74, 6) is -2.15. The number of hydrogen-bond acceptors (Lipinski definition) is 5. The monoisotopic (exact) mass is 331 g/mol. The highest BCUT2D eigenvalue weighted by Gasteiger charge is 2.39. The number of esters is 1. The van der Waals surface area contributed by atoms with E-state index < -0.39 is 23.6 Å². The summed E-state index contributed by atoms with van der Waals surface area (Å²) in [7, 11) is 0. The molecule has 0 N–H and O–H groups in total. The molecule has 1 fully saturated rings. The molecule has 1 heterocycles. The molecule has 1 saturated heterocycles. The fourth-order valence-corrected chi connectivity index (χ4v) is 2.90. The molecular formula is C14H12F3NO3S. The lowest BCUT2D eigenvalue weighted by molar-refractivity contribution is -0.147. The van der Waals surface area contributed by atoms with Gasteiger partial charge in [0.2, 0.25) is 0 Å². The molecule has 1 aromatic rings. The van der Waals surface area contributed by atoms with Crippen LogP contribution in [0.1, 0.15) is 12.5 Å². The molecule has 0 saturated carbocycles. The number of ketones is 1. The third-order valence-electron chi connectivity index (χ3n) is 2.87. The van der Waals surface area contributed by atoms with Crippen LogP contribution >= 0.6 is 11.8 Å². The number of nitrogens with zero attached hydrogens (tertiary/aromatic N) is 1. The summed E-state index contributed by atoms with van der Waals surface area (Å²) in [6.45, 7) is 1.72. The number of thioether (sulfide) groups is 1. The van der Waals surface area contributed by atoms with Crippen molar-refractivity contribution >= 4 is 34.2 Å². The summed E-state index contributed by atoms with van der Waals surface area (Å²) in [6, 6.07) is 4.41. The van der Waals surface area contributed by atoms with Crippen LogP contribution in [0.25, 0.3) is 0 Å². The number of halogens is 3. The van der Waals surface area contributed by atoms with Crippen molar-refractivity contribution in [3.8, 4) is 0 Å². The summed E-state index contributed by atoms with van der Waals surface area (Å²) in [5, 5.41) is 0.169. The number of aliphatic imine (C=N–C) groups is 1. The largest absolute Gasteiger partial charge is 0.465 e. The lowest BCUT2D eigenvalue weighted by atomic mass is 10.1. The Morgan fingerprint density at radius 2 is 2.18 bits per heavy atom. The van der Waals surface area contributed by atoms with Crippen LogP contribution in [-0.4, -0.2) is 29.2 Å². The first-order valence-corrected chi connectivity index (χ1v) is 7.39. The molecule has 1 atom stereocenters. The van der Waals surface area contributed by atoms with Crippen LogP contribution in [-0.2, 0) is 20.5 Å². The minimum Gasteiger partial charge on any atom is -0.465 e. The maximum Gasteiger partial charge on any atom is 0.416 e. The molecular weight excluding hydrogens is 319 g/mol. The van der Waals surface area contributed by atoms with Crippen molar-refractivity contribution in [2.45, 2.75) is 13.1 Å². The van der Waals surface area contributed by atoms with Gasteiger partial charge in [0.1, 0.15) is 0 Å². The highest BCUT2D eigenvalue weighted by Crippen LogP contribution is 2.33. The van der Waals surface area contributed by atoms with Gasteiger partial charge in [-0.2, -0.15) is 13.2 Å². The van der Waals surface area contributed by atoms with Gasteiger partial charge in [0, 0.05) is 0 Å². The van der Waals surface area contributed by atoms with Crippen LogP contribution < -0.4 is 0 Å². The van der Waals surface area contributed by atoms with Crippen molar-refractivity contribution in [1.29, 1.82) is 0 Å². The fourth-order valence-electron chi connectivity index (χ4n) is 1.88. The molecule has 1 aliphatic heterocycles. The lowest BCUT2D eigenvalue weighted by Gasteiger charge is -2.09. The Hall–Kier alpha value is -1.83. The average Bonchev–Trinajstić information content (AvgIpc) is 2.79. The summed E-state index contributed by atoms with van der Waals surface area (Å²) in [5.41, 5.74) is -0.794. The second-order valence-corrected chi connectivity index (χ2v) is 5.43. The van der Waals surface area contributed by atoms with Gasteiger partial charge in [0.05, 0.1) is 28.7 Å². The third kappa shape index (κ3) is 3.68. The Kier molecular flexibility index (Phi) is 4.90. The summed E-state index contributed by atoms with van der Waals surface area (Å²) in [6.07, 6.45) is -4.48. The predicted molar refractivity (Wildman–Crippen MR) is 76.1 cm³/mol. The van der Waals surface area contributed by atoms with E-state index in [1.165, 1.54) is 12.1 Å². The molecule has 8 heteroatoms. The minimum atomic E-state index is -4.48. The quantitative estimate of drug-likeness (QED) is 0.630. The van der Waals surface area contributed by atoms with Gasteiger partial charge in [-0.25, -0.2) is 4.99 Å². The molecule has 1 unspecified atom stereocenters. The molecule has 2 rings (SSSR count). The van der Waals surface area contributed by atoms with E-state index in [1.807, 2.05) is 0 Å². The zero-order valence-corrected chi connectivity index (χ0v) is 12.3. The summed E-state index contributed by atoms with van der Waals surface area (Å²) < 4.78 is 42.8. The molecule has 0 aliphatic carbocycles. The van der Waals surface area contributed by atoms with Gasteiger partial charge in [-0.05, 0) is 25.1 Å². The minimum absolute atomic E-state index is 0.0429. The van der Waals surface area contributed by atoms with E-state index in [0.29, 0.717) is 0 Å². The number of Topliss-reactive ketones (excluding diaryl/α,β-unsaturated/α-hetero) is 1. The Bertz CT molecular complexity index is 628.